The van der Waals surface area contributed by atoms with Gasteiger partial charge in [0.15, 0.2) is 0 Å². The topological polar surface area (TPSA) is 46.6 Å². The van der Waals surface area contributed by atoms with Gasteiger partial charge in [0.1, 0.15) is 14.9 Å². The lowest BCUT2D eigenvalue weighted by Crippen LogP contribution is -2.27. The molecule has 4 nitrogen and oxygen atoms in total. The molecule has 0 radical (unpaired) electrons. The number of nitrogens with zero attached hydrogens (tertiary/aromatic N) is 1. The number of benzene rings is 3. The number of thioether (sulfide) groups is 1. The molecule has 1 fully saturated rings. The lowest BCUT2D eigenvalue weighted by Gasteiger charge is -2.14. The van der Waals surface area contributed by atoms with Crippen LogP contribution >= 0.6 is 46.9 Å². The third-order valence-electron chi connectivity index (χ3n) is 5.42. The van der Waals surface area contributed by atoms with Crippen LogP contribution in [0.15, 0.2) is 77.7 Å². The number of thiocarbonyl (C=S) groups is 1. The molecule has 0 atom stereocenters. The largest absolute Gasteiger partial charge is 0.422 e. The minimum atomic E-state index is -0.497. The Morgan fingerprint density at radius 1 is 1.09 bits per heavy atom. The molecular formula is C27H18ClNO3S3. The van der Waals surface area contributed by atoms with E-state index in [-0.39, 0.29) is 5.91 Å². The van der Waals surface area contributed by atoms with Crippen molar-refractivity contribution in [1.82, 2.24) is 4.90 Å². The van der Waals surface area contributed by atoms with Crippen molar-refractivity contribution in [1.29, 1.82) is 0 Å². The zero-order valence-electron chi connectivity index (χ0n) is 18.5. The van der Waals surface area contributed by atoms with E-state index in [0.29, 0.717) is 31.4 Å². The molecule has 8 heteroatoms. The van der Waals surface area contributed by atoms with Crippen LogP contribution in [-0.2, 0) is 11.3 Å². The van der Waals surface area contributed by atoms with Gasteiger partial charge in [-0.25, -0.2) is 4.79 Å². The molecule has 0 unspecified atom stereocenters. The molecule has 3 aromatic carbocycles. The van der Waals surface area contributed by atoms with E-state index in [4.69, 9.17) is 28.6 Å². The van der Waals surface area contributed by atoms with Gasteiger partial charge in [0, 0.05) is 10.1 Å². The average Bonchev–Trinajstić information content (AvgIpc) is 3.31. The van der Waals surface area contributed by atoms with Crippen LogP contribution in [0.5, 0.6) is 5.75 Å². The van der Waals surface area contributed by atoms with Crippen LogP contribution < -0.4 is 4.74 Å². The van der Waals surface area contributed by atoms with E-state index in [1.807, 2.05) is 55.5 Å². The third-order valence-corrected chi connectivity index (χ3v) is 8.43. The van der Waals surface area contributed by atoms with E-state index in [2.05, 4.69) is 0 Å². The second-order valence-electron chi connectivity index (χ2n) is 7.96. The number of carbonyl (C=O) groups excluding carboxylic acids is 2. The summed E-state index contributed by atoms with van der Waals surface area (Å²) in [6.45, 7) is 2.44. The molecule has 2 heterocycles. The highest BCUT2D eigenvalue weighted by atomic mass is 35.5. The molecule has 1 aromatic heterocycles. The first-order valence-corrected chi connectivity index (χ1v) is 13.1. The van der Waals surface area contributed by atoms with Crippen molar-refractivity contribution in [2.75, 3.05) is 0 Å². The van der Waals surface area contributed by atoms with Gasteiger partial charge >= 0.3 is 5.97 Å². The van der Waals surface area contributed by atoms with Crippen LogP contribution in [0.1, 0.15) is 26.4 Å². The molecule has 0 spiro atoms. The molecule has 0 aliphatic carbocycles. The summed E-state index contributed by atoms with van der Waals surface area (Å²) in [5, 5.41) is 1.25. The maximum absolute atomic E-state index is 12.9. The van der Waals surface area contributed by atoms with Gasteiger partial charge in [-0.15, -0.1) is 11.3 Å². The first kappa shape index (κ1) is 23.8. The summed E-state index contributed by atoms with van der Waals surface area (Å²) < 4.78 is 7.03. The van der Waals surface area contributed by atoms with Crippen LogP contribution in [0.4, 0.5) is 0 Å². The molecule has 4 aromatic rings. The highest BCUT2D eigenvalue weighted by Crippen LogP contribution is 2.37. The fourth-order valence-corrected chi connectivity index (χ4v) is 6.38. The Balaban J connectivity index is 1.28. The number of ether oxygens (including phenoxy) is 1. The SMILES string of the molecule is Cc1ccc2c(Cl)c(C(=O)Oc3ccc(C=C4SC(=S)N(Cc5ccccc5)C4=O)cc3)sc2c1. The molecule has 1 aliphatic heterocycles. The van der Waals surface area contributed by atoms with Gasteiger partial charge in [0.2, 0.25) is 0 Å². The zero-order valence-corrected chi connectivity index (χ0v) is 21.7. The van der Waals surface area contributed by atoms with E-state index in [1.54, 1.807) is 35.2 Å². The van der Waals surface area contributed by atoms with Gasteiger partial charge in [-0.2, -0.15) is 0 Å². The molecule has 1 saturated heterocycles. The van der Waals surface area contributed by atoms with Crippen molar-refractivity contribution in [3.63, 3.8) is 0 Å². The summed E-state index contributed by atoms with van der Waals surface area (Å²) >= 11 is 14.5. The number of thiophene rings is 1. The van der Waals surface area contributed by atoms with Crippen LogP contribution in [-0.4, -0.2) is 21.1 Å². The van der Waals surface area contributed by atoms with Gasteiger partial charge in [-0.1, -0.05) is 90.2 Å². The summed E-state index contributed by atoms with van der Waals surface area (Å²) in [6, 6.07) is 22.6. The summed E-state index contributed by atoms with van der Waals surface area (Å²) in [5.41, 5.74) is 2.92. The standard InChI is InChI=1S/C27H18ClNO3S3/c1-16-7-12-20-21(13-16)34-24(23(20)28)26(31)32-19-10-8-17(9-11-19)14-22-25(30)29(27(33)35-22)15-18-5-3-2-4-6-18/h2-14H,15H2,1H3. The van der Waals surface area contributed by atoms with E-state index >= 15 is 0 Å². The van der Waals surface area contributed by atoms with Crippen molar-refractivity contribution in [2.24, 2.45) is 0 Å². The summed E-state index contributed by atoms with van der Waals surface area (Å²) in [4.78, 5) is 28.2. The molecular weight excluding hydrogens is 518 g/mol. The predicted molar refractivity (Wildman–Crippen MR) is 148 cm³/mol. The predicted octanol–water partition coefficient (Wildman–Crippen LogP) is 7.48. The number of carbonyl (C=O) groups is 2. The number of aryl methyl sites for hydroxylation is 1. The highest BCUT2D eigenvalue weighted by Gasteiger charge is 2.32. The number of esters is 1. The third kappa shape index (κ3) is 5.04. The first-order chi connectivity index (χ1) is 16.9. The molecule has 0 bridgehead atoms. The smallest absolute Gasteiger partial charge is 0.355 e. The van der Waals surface area contributed by atoms with Gasteiger partial charge in [-0.3, -0.25) is 9.69 Å². The van der Waals surface area contributed by atoms with E-state index in [9.17, 15) is 9.59 Å². The zero-order chi connectivity index (χ0) is 24.5. The first-order valence-electron chi connectivity index (χ1n) is 10.7. The Kier molecular flexibility index (Phi) is 6.75. The molecule has 1 amide bonds. The van der Waals surface area contributed by atoms with Crippen molar-refractivity contribution in [3.8, 4) is 5.75 Å². The molecule has 35 heavy (non-hydrogen) atoms. The van der Waals surface area contributed by atoms with Crippen LogP contribution in [0.3, 0.4) is 0 Å². The minimum Gasteiger partial charge on any atom is -0.422 e. The maximum atomic E-state index is 12.9. The van der Waals surface area contributed by atoms with Gasteiger partial charge < -0.3 is 4.74 Å². The fourth-order valence-electron chi connectivity index (χ4n) is 3.64. The average molecular weight is 536 g/mol. The van der Waals surface area contributed by atoms with Crippen molar-refractivity contribution in [2.45, 2.75) is 13.5 Å². The number of amides is 1. The Labute approximate surface area is 221 Å². The van der Waals surface area contributed by atoms with Gasteiger partial charge in [-0.05, 0) is 47.9 Å². The normalized spacial score (nSPS) is 14.8. The number of halogens is 1. The second-order valence-corrected chi connectivity index (χ2v) is 11.1. The summed E-state index contributed by atoms with van der Waals surface area (Å²) in [5.74, 6) is -0.217. The van der Waals surface area contributed by atoms with Crippen LogP contribution in [0, 0.1) is 6.92 Å². The van der Waals surface area contributed by atoms with Gasteiger partial charge in [0.05, 0.1) is 16.5 Å². The quantitative estimate of drug-likeness (QED) is 0.115. The van der Waals surface area contributed by atoms with E-state index in [1.165, 1.54) is 23.1 Å². The molecule has 5 rings (SSSR count). The van der Waals surface area contributed by atoms with Crippen molar-refractivity contribution in [3.05, 3.63) is 104 Å². The molecule has 0 saturated carbocycles. The Morgan fingerprint density at radius 3 is 2.57 bits per heavy atom. The molecule has 0 N–H and O–H groups in total. The molecule has 1 aliphatic rings. The lowest BCUT2D eigenvalue weighted by atomic mass is 10.2. The van der Waals surface area contributed by atoms with Crippen LogP contribution in [0.25, 0.3) is 16.2 Å². The molecule has 174 valence electrons. The minimum absolute atomic E-state index is 0.117. The monoisotopic (exact) mass is 535 g/mol. The van der Waals surface area contributed by atoms with E-state index in [0.717, 1.165) is 26.8 Å². The number of hydrogen-bond donors (Lipinski definition) is 0. The highest BCUT2D eigenvalue weighted by molar-refractivity contribution is 8.26. The second kappa shape index (κ2) is 9.95. The maximum Gasteiger partial charge on any atom is 0.355 e. The summed E-state index contributed by atoms with van der Waals surface area (Å²) in [6.07, 6.45) is 1.79. The van der Waals surface area contributed by atoms with Gasteiger partial charge in [0.25, 0.3) is 5.91 Å². The number of hydrogen-bond acceptors (Lipinski definition) is 6. The number of fused-ring (bicyclic) bond motifs is 1. The summed E-state index contributed by atoms with van der Waals surface area (Å²) in [7, 11) is 0. The Bertz CT molecular complexity index is 1490. The van der Waals surface area contributed by atoms with Crippen LogP contribution in [0.2, 0.25) is 5.02 Å². The van der Waals surface area contributed by atoms with E-state index < -0.39 is 5.97 Å². The van der Waals surface area contributed by atoms with Crippen molar-refractivity contribution >= 4 is 79.3 Å². The Hall–Kier alpha value is -2.97. The van der Waals surface area contributed by atoms with Crippen molar-refractivity contribution < 1.29 is 14.3 Å². The Morgan fingerprint density at radius 2 is 1.83 bits per heavy atom. The number of rotatable bonds is 5. The fraction of sp³-hybridized carbons (Fsp3) is 0.0741. The lowest BCUT2D eigenvalue weighted by molar-refractivity contribution is -0.122.